The van der Waals surface area contributed by atoms with E-state index in [1.807, 2.05) is 0 Å². The average molecular weight is 244 g/mol. The zero-order valence-electron chi connectivity index (χ0n) is 10.9. The summed E-state index contributed by atoms with van der Waals surface area (Å²) in [6, 6.07) is 8.88. The number of nitrogens with zero attached hydrogens (tertiary/aromatic N) is 1. The van der Waals surface area contributed by atoms with Crippen LogP contribution < -0.4 is 5.32 Å². The number of rotatable bonds is 2. The molecule has 1 N–H and O–H groups in total. The third kappa shape index (κ3) is 2.03. The monoisotopic (exact) mass is 244 g/mol. The van der Waals surface area contributed by atoms with Gasteiger partial charge in [-0.1, -0.05) is 29.8 Å². The molecular formula is C15H20N2O. The van der Waals surface area contributed by atoms with E-state index in [2.05, 4.69) is 41.4 Å². The lowest BCUT2D eigenvalue weighted by Crippen LogP contribution is -2.51. The quantitative estimate of drug-likeness (QED) is 0.861. The number of amides is 1. The summed E-state index contributed by atoms with van der Waals surface area (Å²) >= 11 is 0. The van der Waals surface area contributed by atoms with E-state index < -0.39 is 0 Å². The van der Waals surface area contributed by atoms with Crippen LogP contribution in [0.2, 0.25) is 0 Å². The molecule has 1 unspecified atom stereocenters. The van der Waals surface area contributed by atoms with Crippen LogP contribution in [0.4, 0.5) is 0 Å². The van der Waals surface area contributed by atoms with Crippen LogP contribution in [0.3, 0.4) is 0 Å². The number of hydrogen-bond donors (Lipinski definition) is 1. The smallest absolute Gasteiger partial charge is 0.228 e. The van der Waals surface area contributed by atoms with Gasteiger partial charge in [0.15, 0.2) is 0 Å². The van der Waals surface area contributed by atoms with Gasteiger partial charge in [-0.25, -0.2) is 0 Å². The second-order valence-electron chi connectivity index (χ2n) is 5.46. The number of aryl methyl sites for hydroxylation is 1. The van der Waals surface area contributed by atoms with Gasteiger partial charge in [0.25, 0.3) is 0 Å². The Labute approximate surface area is 108 Å². The highest BCUT2D eigenvalue weighted by Crippen LogP contribution is 2.33. The molecule has 96 valence electrons. The molecule has 0 aromatic heterocycles. The lowest BCUT2D eigenvalue weighted by molar-refractivity contribution is -0.138. The number of carbonyl (C=O) groups is 1. The van der Waals surface area contributed by atoms with Gasteiger partial charge in [0.2, 0.25) is 5.91 Å². The third-order valence-corrected chi connectivity index (χ3v) is 4.09. The molecule has 0 aliphatic carbocycles. The Bertz CT molecular complexity index is 454. The molecule has 1 amide bonds. The average Bonchev–Trinajstić information content (AvgIpc) is 2.75. The van der Waals surface area contributed by atoms with E-state index in [1.165, 1.54) is 11.1 Å². The van der Waals surface area contributed by atoms with Crippen LogP contribution in [0, 0.1) is 12.8 Å². The summed E-state index contributed by atoms with van der Waals surface area (Å²) in [5.74, 6) is 0.563. The maximum atomic E-state index is 12.4. The predicted molar refractivity (Wildman–Crippen MR) is 71.2 cm³/mol. The summed E-state index contributed by atoms with van der Waals surface area (Å²) in [6.07, 6.45) is 2.24. The van der Waals surface area contributed by atoms with Gasteiger partial charge in [-0.05, 0) is 25.3 Å². The Morgan fingerprint density at radius 1 is 1.39 bits per heavy atom. The lowest BCUT2D eigenvalue weighted by atomic mass is 9.98. The van der Waals surface area contributed by atoms with Crippen LogP contribution in [0.15, 0.2) is 24.3 Å². The summed E-state index contributed by atoms with van der Waals surface area (Å²) in [5.41, 5.74) is 2.57. The minimum atomic E-state index is 0.218. The minimum Gasteiger partial charge on any atom is -0.335 e. The van der Waals surface area contributed by atoms with Gasteiger partial charge in [0.1, 0.15) is 0 Å². The van der Waals surface area contributed by atoms with Crippen LogP contribution in [0.25, 0.3) is 0 Å². The van der Waals surface area contributed by atoms with Crippen molar-refractivity contribution in [2.24, 2.45) is 5.92 Å². The highest BCUT2D eigenvalue weighted by Gasteiger charge is 2.36. The van der Waals surface area contributed by atoms with Crippen LogP contribution in [0.1, 0.15) is 30.0 Å². The lowest BCUT2D eigenvalue weighted by Gasteiger charge is -2.33. The first kappa shape index (κ1) is 11.7. The third-order valence-electron chi connectivity index (χ3n) is 4.09. The van der Waals surface area contributed by atoms with Crippen LogP contribution >= 0.6 is 0 Å². The number of likely N-dealkylation sites (tertiary alicyclic amines) is 1. The van der Waals surface area contributed by atoms with Gasteiger partial charge in [0, 0.05) is 19.6 Å². The Morgan fingerprint density at radius 3 is 2.89 bits per heavy atom. The topological polar surface area (TPSA) is 32.3 Å². The van der Waals surface area contributed by atoms with Crippen molar-refractivity contribution in [3.63, 3.8) is 0 Å². The summed E-state index contributed by atoms with van der Waals surface area (Å²) < 4.78 is 0. The zero-order chi connectivity index (χ0) is 12.5. The first-order valence-electron chi connectivity index (χ1n) is 6.83. The molecule has 1 aromatic carbocycles. The summed E-state index contributed by atoms with van der Waals surface area (Å²) in [4.78, 5) is 14.5. The first-order valence-corrected chi connectivity index (χ1v) is 6.83. The van der Waals surface area contributed by atoms with Crippen LogP contribution in [-0.2, 0) is 4.79 Å². The first-order chi connectivity index (χ1) is 8.75. The van der Waals surface area contributed by atoms with E-state index >= 15 is 0 Å². The SMILES string of the molecule is Cc1cccc(C2CCCN2C(=O)C2CNC2)c1. The van der Waals surface area contributed by atoms with E-state index in [0.717, 1.165) is 32.5 Å². The fourth-order valence-corrected chi connectivity index (χ4v) is 2.95. The largest absolute Gasteiger partial charge is 0.335 e. The molecule has 3 nitrogen and oxygen atoms in total. The zero-order valence-corrected chi connectivity index (χ0v) is 10.9. The molecule has 2 aliphatic heterocycles. The number of nitrogens with one attached hydrogen (secondary N) is 1. The molecule has 0 bridgehead atoms. The van der Waals surface area contributed by atoms with E-state index in [1.54, 1.807) is 0 Å². The fraction of sp³-hybridized carbons (Fsp3) is 0.533. The molecule has 2 saturated heterocycles. The standard InChI is InChI=1S/C15H20N2O/c1-11-4-2-5-12(8-11)14-6-3-7-17(14)15(18)13-9-16-10-13/h2,4-5,8,13-14,16H,3,6-7,9-10H2,1H3. The molecule has 0 saturated carbocycles. The Kier molecular flexibility index (Phi) is 3.08. The van der Waals surface area contributed by atoms with Crippen molar-refractivity contribution in [1.82, 2.24) is 10.2 Å². The molecule has 3 rings (SSSR count). The summed E-state index contributed by atoms with van der Waals surface area (Å²) in [6.45, 7) is 4.75. The van der Waals surface area contributed by atoms with Crippen molar-refractivity contribution >= 4 is 5.91 Å². The molecule has 2 fully saturated rings. The number of carbonyl (C=O) groups excluding carboxylic acids is 1. The van der Waals surface area contributed by atoms with Gasteiger partial charge in [-0.3, -0.25) is 4.79 Å². The van der Waals surface area contributed by atoms with Gasteiger partial charge in [-0.15, -0.1) is 0 Å². The minimum absolute atomic E-state index is 0.218. The molecular weight excluding hydrogens is 224 g/mol. The van der Waals surface area contributed by atoms with Gasteiger partial charge < -0.3 is 10.2 Å². The van der Waals surface area contributed by atoms with Gasteiger partial charge >= 0.3 is 0 Å². The predicted octanol–water partition coefficient (Wildman–Crippen LogP) is 1.88. The highest BCUT2D eigenvalue weighted by molar-refractivity contribution is 5.81. The number of benzene rings is 1. The van der Waals surface area contributed by atoms with Crippen molar-refractivity contribution in [2.45, 2.75) is 25.8 Å². The van der Waals surface area contributed by atoms with Gasteiger partial charge in [0.05, 0.1) is 12.0 Å². The normalized spacial score (nSPS) is 24.1. The van der Waals surface area contributed by atoms with Gasteiger partial charge in [-0.2, -0.15) is 0 Å². The maximum Gasteiger partial charge on any atom is 0.228 e. The fourth-order valence-electron chi connectivity index (χ4n) is 2.95. The van der Waals surface area contributed by atoms with Crippen molar-refractivity contribution < 1.29 is 4.79 Å². The van der Waals surface area contributed by atoms with Crippen LogP contribution in [-0.4, -0.2) is 30.4 Å². The highest BCUT2D eigenvalue weighted by atomic mass is 16.2. The van der Waals surface area contributed by atoms with Crippen molar-refractivity contribution in [2.75, 3.05) is 19.6 Å². The summed E-state index contributed by atoms with van der Waals surface area (Å²) in [5, 5.41) is 3.18. The second kappa shape index (κ2) is 4.73. The summed E-state index contributed by atoms with van der Waals surface area (Å²) in [7, 11) is 0. The van der Waals surface area contributed by atoms with E-state index in [9.17, 15) is 4.79 Å². The molecule has 1 aromatic rings. The Balaban J connectivity index is 1.80. The van der Waals surface area contributed by atoms with E-state index in [4.69, 9.17) is 0 Å². The van der Waals surface area contributed by atoms with Crippen LogP contribution in [0.5, 0.6) is 0 Å². The van der Waals surface area contributed by atoms with E-state index in [0.29, 0.717) is 11.9 Å². The maximum absolute atomic E-state index is 12.4. The van der Waals surface area contributed by atoms with E-state index in [-0.39, 0.29) is 5.92 Å². The van der Waals surface area contributed by atoms with Crippen molar-refractivity contribution in [3.05, 3.63) is 35.4 Å². The molecule has 2 heterocycles. The molecule has 2 aliphatic rings. The molecule has 18 heavy (non-hydrogen) atoms. The molecule has 0 spiro atoms. The number of hydrogen-bond acceptors (Lipinski definition) is 2. The Morgan fingerprint density at radius 2 is 2.22 bits per heavy atom. The molecule has 0 radical (unpaired) electrons. The second-order valence-corrected chi connectivity index (χ2v) is 5.46. The van der Waals surface area contributed by atoms with Crippen molar-refractivity contribution in [1.29, 1.82) is 0 Å². The molecule has 1 atom stereocenters. The Hall–Kier alpha value is -1.35. The van der Waals surface area contributed by atoms with Crippen molar-refractivity contribution in [3.8, 4) is 0 Å². The molecule has 3 heteroatoms.